The first-order valence-corrected chi connectivity index (χ1v) is 9.20. The van der Waals surface area contributed by atoms with Gasteiger partial charge in [-0.2, -0.15) is 0 Å². The summed E-state index contributed by atoms with van der Waals surface area (Å²) in [6.07, 6.45) is -0.413. The predicted molar refractivity (Wildman–Crippen MR) is 103 cm³/mol. The van der Waals surface area contributed by atoms with Gasteiger partial charge >= 0.3 is 0 Å². The van der Waals surface area contributed by atoms with Crippen molar-refractivity contribution in [3.05, 3.63) is 55.9 Å². The van der Waals surface area contributed by atoms with E-state index in [1.807, 2.05) is 28.1 Å². The van der Waals surface area contributed by atoms with Gasteiger partial charge in [0.2, 0.25) is 0 Å². The van der Waals surface area contributed by atoms with Crippen LogP contribution in [0.15, 0.2) is 24.3 Å². The number of nitrogens with one attached hydrogen (secondary N) is 2. The van der Waals surface area contributed by atoms with Crippen LogP contribution in [-0.2, 0) is 4.84 Å². The molecule has 0 aromatic heterocycles. The van der Waals surface area contributed by atoms with E-state index in [4.69, 9.17) is 16.4 Å². The first-order valence-electron chi connectivity index (χ1n) is 7.74. The molecule has 27 heavy (non-hydrogen) atoms. The normalized spacial score (nSPS) is 12.0. The van der Waals surface area contributed by atoms with E-state index in [9.17, 15) is 23.1 Å². The summed E-state index contributed by atoms with van der Waals surface area (Å²) in [5.41, 5.74) is 0.844. The molecule has 0 aliphatic carbocycles. The van der Waals surface area contributed by atoms with Crippen molar-refractivity contribution >= 4 is 51.5 Å². The number of aliphatic hydroxyl groups is 1. The zero-order valence-electron chi connectivity index (χ0n) is 14.0. The lowest BCUT2D eigenvalue weighted by atomic mass is 10.1. The maximum Gasteiger partial charge on any atom is 0.277 e. The number of benzene rings is 2. The molecule has 2 aromatic carbocycles. The summed E-state index contributed by atoms with van der Waals surface area (Å²) in [7, 11) is 0. The van der Waals surface area contributed by atoms with Crippen LogP contribution < -0.4 is 10.8 Å². The Labute approximate surface area is 171 Å². The van der Waals surface area contributed by atoms with E-state index in [0.29, 0.717) is 9.99 Å². The third-order valence-corrected chi connectivity index (χ3v) is 4.46. The van der Waals surface area contributed by atoms with Crippen LogP contribution in [0.1, 0.15) is 23.7 Å². The van der Waals surface area contributed by atoms with E-state index in [1.54, 1.807) is 13.0 Å². The molecule has 2 rings (SSSR count). The Morgan fingerprint density at radius 3 is 2.63 bits per heavy atom. The Hall–Kier alpha value is -1.56. The summed E-state index contributed by atoms with van der Waals surface area (Å²) in [6.45, 7) is 1.51. The molecule has 1 atom stereocenters. The molecule has 10 heteroatoms. The highest BCUT2D eigenvalue weighted by Crippen LogP contribution is 2.32. The average molecular weight is 515 g/mol. The highest BCUT2D eigenvalue weighted by Gasteiger charge is 2.23. The fraction of sp³-hybridized carbons (Fsp3) is 0.235. The van der Waals surface area contributed by atoms with Crippen LogP contribution in [0.5, 0.6) is 0 Å². The van der Waals surface area contributed by atoms with E-state index in [0.717, 1.165) is 6.07 Å². The zero-order valence-corrected chi connectivity index (χ0v) is 16.9. The molecule has 0 aliphatic heterocycles. The molecule has 5 nitrogen and oxygen atoms in total. The average Bonchev–Trinajstić information content (AvgIpc) is 2.63. The molecule has 0 saturated carbocycles. The molecule has 0 saturated heterocycles. The molecule has 0 heterocycles. The molecule has 0 fully saturated rings. The van der Waals surface area contributed by atoms with E-state index >= 15 is 0 Å². The number of hydrogen-bond donors (Lipinski definition) is 3. The lowest BCUT2D eigenvalue weighted by Crippen LogP contribution is -2.29. The largest absolute Gasteiger partial charge is 0.391 e. The van der Waals surface area contributed by atoms with Crippen LogP contribution in [0.4, 0.5) is 24.5 Å². The zero-order chi connectivity index (χ0) is 20.1. The van der Waals surface area contributed by atoms with Crippen LogP contribution >= 0.6 is 34.2 Å². The Kier molecular flexibility index (Phi) is 7.71. The number of carbonyl (C=O) groups is 1. The number of carbonyl (C=O) groups excluding carboxylic acids is 1. The quantitative estimate of drug-likeness (QED) is 0.288. The number of rotatable bonds is 7. The maximum atomic E-state index is 14.4. The van der Waals surface area contributed by atoms with Crippen molar-refractivity contribution in [2.45, 2.75) is 19.4 Å². The molecular formula is C17H15ClF3IN2O3. The standard InChI is InChI=1S/C17H15ClF3IN2O3/c1-2-9(25)7-27-24-17(26)10-6-11(18)14(20)15(21)16(10)23-13-4-3-8(22)5-12(13)19/h3-6,9,23,25H,2,7H2,1H3,(H,24,26). The van der Waals surface area contributed by atoms with Gasteiger partial charge in [-0.3, -0.25) is 9.63 Å². The van der Waals surface area contributed by atoms with Crippen LogP contribution in [0.3, 0.4) is 0 Å². The minimum Gasteiger partial charge on any atom is -0.391 e. The van der Waals surface area contributed by atoms with Crippen LogP contribution in [0.2, 0.25) is 5.02 Å². The van der Waals surface area contributed by atoms with Crippen LogP contribution in [0, 0.1) is 21.0 Å². The van der Waals surface area contributed by atoms with E-state index < -0.39 is 45.7 Å². The predicted octanol–water partition coefficient (Wildman–Crippen LogP) is 4.54. The summed E-state index contributed by atoms with van der Waals surface area (Å²) in [5, 5.41) is 11.2. The Morgan fingerprint density at radius 1 is 1.30 bits per heavy atom. The molecule has 1 amide bonds. The van der Waals surface area contributed by atoms with Crippen molar-refractivity contribution in [1.82, 2.24) is 5.48 Å². The fourth-order valence-electron chi connectivity index (χ4n) is 2.00. The summed E-state index contributed by atoms with van der Waals surface area (Å²) < 4.78 is 42.9. The van der Waals surface area contributed by atoms with Crippen LogP contribution in [-0.4, -0.2) is 23.7 Å². The van der Waals surface area contributed by atoms with Gasteiger partial charge in [-0.1, -0.05) is 18.5 Å². The number of aliphatic hydroxyl groups excluding tert-OH is 1. The summed E-state index contributed by atoms with van der Waals surface area (Å²) >= 11 is 7.51. The lowest BCUT2D eigenvalue weighted by molar-refractivity contribution is -0.0133. The van der Waals surface area contributed by atoms with Gasteiger partial charge in [0.15, 0.2) is 11.6 Å². The molecule has 0 radical (unpaired) electrons. The van der Waals surface area contributed by atoms with Crippen molar-refractivity contribution in [1.29, 1.82) is 0 Å². The summed E-state index contributed by atoms with van der Waals surface area (Å²) in [5.74, 6) is -4.50. The lowest BCUT2D eigenvalue weighted by Gasteiger charge is -2.15. The highest BCUT2D eigenvalue weighted by atomic mass is 127. The second-order valence-corrected chi connectivity index (χ2v) is 7.12. The Bertz CT molecular complexity index is 855. The van der Waals surface area contributed by atoms with Crippen molar-refractivity contribution in [2.75, 3.05) is 11.9 Å². The molecule has 0 spiro atoms. The van der Waals surface area contributed by atoms with Gasteiger partial charge in [0, 0.05) is 3.57 Å². The molecule has 2 aromatic rings. The van der Waals surface area contributed by atoms with Gasteiger partial charge < -0.3 is 10.4 Å². The van der Waals surface area contributed by atoms with Gasteiger partial charge in [0.1, 0.15) is 12.4 Å². The highest BCUT2D eigenvalue weighted by molar-refractivity contribution is 14.1. The van der Waals surface area contributed by atoms with Crippen molar-refractivity contribution in [3.63, 3.8) is 0 Å². The van der Waals surface area contributed by atoms with E-state index in [2.05, 4.69) is 5.32 Å². The number of hydroxylamine groups is 1. The van der Waals surface area contributed by atoms with Gasteiger partial charge in [0.05, 0.1) is 28.1 Å². The fourth-order valence-corrected chi connectivity index (χ4v) is 2.64. The second-order valence-electron chi connectivity index (χ2n) is 5.46. The monoisotopic (exact) mass is 514 g/mol. The van der Waals surface area contributed by atoms with Crippen LogP contribution in [0.25, 0.3) is 0 Å². The summed E-state index contributed by atoms with van der Waals surface area (Å²) in [6, 6.07) is 4.94. The van der Waals surface area contributed by atoms with Gasteiger partial charge in [-0.15, -0.1) is 0 Å². The molecular weight excluding hydrogens is 500 g/mol. The topological polar surface area (TPSA) is 70.6 Å². The van der Waals surface area contributed by atoms with Gasteiger partial charge in [0.25, 0.3) is 5.91 Å². The molecule has 0 bridgehead atoms. The molecule has 3 N–H and O–H groups in total. The first-order chi connectivity index (χ1) is 12.7. The minimum absolute atomic E-state index is 0.160. The van der Waals surface area contributed by atoms with Crippen molar-refractivity contribution < 1.29 is 27.9 Å². The SMILES string of the molecule is CCC(O)CONC(=O)c1cc(Cl)c(F)c(F)c1Nc1ccc(I)cc1F. The van der Waals surface area contributed by atoms with Gasteiger partial charge in [-0.25, -0.2) is 18.7 Å². The Balaban J connectivity index is 2.34. The molecule has 146 valence electrons. The number of amides is 1. The van der Waals surface area contributed by atoms with E-state index in [1.165, 1.54) is 12.1 Å². The number of halogens is 5. The smallest absolute Gasteiger partial charge is 0.277 e. The first kappa shape index (κ1) is 21.7. The number of anilines is 2. The maximum absolute atomic E-state index is 14.4. The minimum atomic E-state index is -1.45. The second kappa shape index (κ2) is 9.58. The summed E-state index contributed by atoms with van der Waals surface area (Å²) in [4.78, 5) is 17.1. The third-order valence-electron chi connectivity index (χ3n) is 3.51. The van der Waals surface area contributed by atoms with Crippen molar-refractivity contribution in [2.24, 2.45) is 0 Å². The van der Waals surface area contributed by atoms with Gasteiger partial charge in [-0.05, 0) is 53.3 Å². The molecule has 1 unspecified atom stereocenters. The molecule has 0 aliphatic rings. The Morgan fingerprint density at radius 2 is 2.00 bits per heavy atom. The van der Waals surface area contributed by atoms with Crippen molar-refractivity contribution in [3.8, 4) is 0 Å². The number of hydrogen-bond acceptors (Lipinski definition) is 4. The third kappa shape index (κ3) is 5.47. The van der Waals surface area contributed by atoms with E-state index in [-0.39, 0.29) is 12.3 Å².